The van der Waals surface area contributed by atoms with Crippen molar-refractivity contribution in [2.75, 3.05) is 34.0 Å². The standard InChI is InChI=1S/C17H25NO6S/c1-12-10-14(21-2)15(22-3)11-16(12)25(19,20)18-7-5-4-6-13(18)17-23-8-9-24-17/h10-11,13,17H,4-9H2,1-3H3. The van der Waals surface area contributed by atoms with Gasteiger partial charge in [0.05, 0.1) is 38.4 Å². The van der Waals surface area contributed by atoms with E-state index in [9.17, 15) is 8.42 Å². The summed E-state index contributed by atoms with van der Waals surface area (Å²) in [4.78, 5) is 0.232. The first kappa shape index (κ1) is 18.4. The molecule has 2 fully saturated rings. The van der Waals surface area contributed by atoms with Gasteiger partial charge in [-0.1, -0.05) is 6.42 Å². The Morgan fingerprint density at radius 3 is 2.36 bits per heavy atom. The minimum absolute atomic E-state index is 0.232. The summed E-state index contributed by atoms with van der Waals surface area (Å²) in [7, 11) is -0.677. The van der Waals surface area contributed by atoms with E-state index in [1.807, 2.05) is 0 Å². The maximum Gasteiger partial charge on any atom is 0.243 e. The molecule has 2 heterocycles. The van der Waals surface area contributed by atoms with Crippen molar-refractivity contribution >= 4 is 10.0 Å². The summed E-state index contributed by atoms with van der Waals surface area (Å²) in [6.45, 7) is 3.23. The van der Waals surface area contributed by atoms with Crippen LogP contribution in [0.1, 0.15) is 24.8 Å². The number of piperidine rings is 1. The van der Waals surface area contributed by atoms with Gasteiger partial charge in [-0.25, -0.2) is 8.42 Å². The third-order valence-corrected chi connectivity index (χ3v) is 6.79. The minimum atomic E-state index is -3.70. The zero-order valence-electron chi connectivity index (χ0n) is 14.9. The zero-order valence-corrected chi connectivity index (χ0v) is 15.7. The number of sulfonamides is 1. The largest absolute Gasteiger partial charge is 0.493 e. The van der Waals surface area contributed by atoms with Crippen molar-refractivity contribution in [1.29, 1.82) is 0 Å². The van der Waals surface area contributed by atoms with Crippen molar-refractivity contribution < 1.29 is 27.4 Å². The fourth-order valence-corrected chi connectivity index (χ4v) is 5.37. The molecule has 0 aliphatic carbocycles. The molecule has 25 heavy (non-hydrogen) atoms. The lowest BCUT2D eigenvalue weighted by Crippen LogP contribution is -2.50. The van der Waals surface area contributed by atoms with Crippen molar-refractivity contribution in [3.05, 3.63) is 17.7 Å². The molecule has 0 aromatic heterocycles. The number of hydrogen-bond acceptors (Lipinski definition) is 6. The molecular formula is C17H25NO6S. The monoisotopic (exact) mass is 371 g/mol. The van der Waals surface area contributed by atoms with Crippen LogP contribution in [0.2, 0.25) is 0 Å². The molecule has 140 valence electrons. The van der Waals surface area contributed by atoms with E-state index in [1.54, 1.807) is 13.0 Å². The summed E-state index contributed by atoms with van der Waals surface area (Å²) in [6, 6.07) is 2.92. The van der Waals surface area contributed by atoms with E-state index in [4.69, 9.17) is 18.9 Å². The van der Waals surface area contributed by atoms with Gasteiger partial charge in [-0.2, -0.15) is 4.31 Å². The molecule has 0 saturated carbocycles. The summed E-state index contributed by atoms with van der Waals surface area (Å²) in [5, 5.41) is 0. The van der Waals surface area contributed by atoms with Gasteiger partial charge in [-0.15, -0.1) is 0 Å². The lowest BCUT2D eigenvalue weighted by Gasteiger charge is -2.37. The molecule has 1 aromatic carbocycles. The third-order valence-electron chi connectivity index (χ3n) is 4.73. The average molecular weight is 371 g/mol. The molecule has 0 N–H and O–H groups in total. The highest BCUT2D eigenvalue weighted by molar-refractivity contribution is 7.89. The fourth-order valence-electron chi connectivity index (χ4n) is 3.47. The second kappa shape index (κ2) is 7.49. The SMILES string of the molecule is COc1cc(C)c(S(=O)(=O)N2CCCCC2C2OCCO2)cc1OC. The predicted molar refractivity (Wildman–Crippen MR) is 91.5 cm³/mol. The van der Waals surface area contributed by atoms with Gasteiger partial charge in [0.1, 0.15) is 0 Å². The van der Waals surface area contributed by atoms with E-state index >= 15 is 0 Å². The lowest BCUT2D eigenvalue weighted by molar-refractivity contribution is -0.0913. The predicted octanol–water partition coefficient (Wildman–Crippen LogP) is 1.93. The number of methoxy groups -OCH3 is 2. The van der Waals surface area contributed by atoms with E-state index in [0.29, 0.717) is 36.8 Å². The molecule has 3 rings (SSSR count). The highest BCUT2D eigenvalue weighted by Crippen LogP contribution is 2.36. The number of aryl methyl sites for hydroxylation is 1. The Morgan fingerprint density at radius 2 is 1.72 bits per heavy atom. The lowest BCUT2D eigenvalue weighted by atomic mass is 10.0. The normalized spacial score (nSPS) is 22.9. The second-order valence-electron chi connectivity index (χ2n) is 6.26. The van der Waals surface area contributed by atoms with Crippen LogP contribution in [0, 0.1) is 6.92 Å². The molecule has 8 heteroatoms. The van der Waals surface area contributed by atoms with Gasteiger partial charge in [0.15, 0.2) is 17.8 Å². The van der Waals surface area contributed by atoms with E-state index < -0.39 is 16.3 Å². The molecule has 2 aliphatic heterocycles. The fraction of sp³-hybridized carbons (Fsp3) is 0.647. The molecule has 0 amide bonds. The minimum Gasteiger partial charge on any atom is -0.493 e. The maximum atomic E-state index is 13.4. The van der Waals surface area contributed by atoms with Crippen LogP contribution >= 0.6 is 0 Å². The first-order chi connectivity index (χ1) is 12.0. The van der Waals surface area contributed by atoms with Crippen LogP contribution in [0.3, 0.4) is 0 Å². The van der Waals surface area contributed by atoms with Crippen LogP contribution in [0.5, 0.6) is 11.5 Å². The van der Waals surface area contributed by atoms with Crippen LogP contribution in [0.25, 0.3) is 0 Å². The smallest absolute Gasteiger partial charge is 0.243 e. The van der Waals surface area contributed by atoms with Crippen molar-refractivity contribution in [2.45, 2.75) is 43.4 Å². The molecule has 1 atom stereocenters. The molecule has 1 unspecified atom stereocenters. The van der Waals surface area contributed by atoms with Gasteiger partial charge < -0.3 is 18.9 Å². The Labute approximate surface area is 148 Å². The Balaban J connectivity index is 1.99. The van der Waals surface area contributed by atoms with Crippen LogP contribution in [0.4, 0.5) is 0 Å². The number of rotatable bonds is 5. The van der Waals surface area contributed by atoms with E-state index in [0.717, 1.165) is 19.3 Å². The van der Waals surface area contributed by atoms with Gasteiger partial charge >= 0.3 is 0 Å². The number of benzene rings is 1. The van der Waals surface area contributed by atoms with Crippen molar-refractivity contribution in [2.24, 2.45) is 0 Å². The third kappa shape index (κ3) is 3.48. The second-order valence-corrected chi connectivity index (χ2v) is 8.12. The molecule has 0 bridgehead atoms. The van der Waals surface area contributed by atoms with Crippen LogP contribution in [-0.2, 0) is 19.5 Å². The van der Waals surface area contributed by atoms with Crippen LogP contribution in [0.15, 0.2) is 17.0 Å². The Hall–Kier alpha value is -1.35. The topological polar surface area (TPSA) is 74.3 Å². The quantitative estimate of drug-likeness (QED) is 0.787. The van der Waals surface area contributed by atoms with Gasteiger partial charge in [-0.3, -0.25) is 0 Å². The number of ether oxygens (including phenoxy) is 4. The molecule has 0 spiro atoms. The van der Waals surface area contributed by atoms with Gasteiger partial charge in [0.25, 0.3) is 0 Å². The molecule has 2 saturated heterocycles. The first-order valence-electron chi connectivity index (χ1n) is 8.46. The highest BCUT2D eigenvalue weighted by atomic mass is 32.2. The van der Waals surface area contributed by atoms with E-state index in [-0.39, 0.29) is 10.9 Å². The molecule has 1 aromatic rings. The molecule has 0 radical (unpaired) electrons. The number of nitrogens with zero attached hydrogens (tertiary/aromatic N) is 1. The van der Waals surface area contributed by atoms with Gasteiger partial charge in [0, 0.05) is 12.6 Å². The molecule has 2 aliphatic rings. The summed E-state index contributed by atoms with van der Waals surface area (Å²) < 4.78 is 50.0. The van der Waals surface area contributed by atoms with E-state index in [1.165, 1.54) is 24.6 Å². The summed E-state index contributed by atoms with van der Waals surface area (Å²) in [5.41, 5.74) is 0.621. The van der Waals surface area contributed by atoms with Crippen LogP contribution in [-0.4, -0.2) is 59.0 Å². The highest BCUT2D eigenvalue weighted by Gasteiger charge is 2.41. The Morgan fingerprint density at radius 1 is 1.08 bits per heavy atom. The Kier molecular flexibility index (Phi) is 5.52. The van der Waals surface area contributed by atoms with Crippen molar-refractivity contribution in [3.63, 3.8) is 0 Å². The summed E-state index contributed by atoms with van der Waals surface area (Å²) in [5.74, 6) is 0.908. The van der Waals surface area contributed by atoms with Crippen molar-refractivity contribution in [3.8, 4) is 11.5 Å². The number of hydrogen-bond donors (Lipinski definition) is 0. The molecular weight excluding hydrogens is 346 g/mol. The Bertz CT molecular complexity index is 714. The average Bonchev–Trinajstić information content (AvgIpc) is 3.15. The van der Waals surface area contributed by atoms with Gasteiger partial charge in [0.2, 0.25) is 10.0 Å². The maximum absolute atomic E-state index is 13.4. The van der Waals surface area contributed by atoms with Crippen molar-refractivity contribution in [1.82, 2.24) is 4.31 Å². The summed E-state index contributed by atoms with van der Waals surface area (Å²) in [6.07, 6.45) is 2.03. The first-order valence-corrected chi connectivity index (χ1v) is 9.90. The zero-order chi connectivity index (χ0) is 18.0. The summed E-state index contributed by atoms with van der Waals surface area (Å²) >= 11 is 0. The van der Waals surface area contributed by atoms with Gasteiger partial charge in [-0.05, 0) is 31.4 Å². The van der Waals surface area contributed by atoms with Crippen LogP contribution < -0.4 is 9.47 Å². The van der Waals surface area contributed by atoms with E-state index in [2.05, 4.69) is 0 Å². The molecule has 7 nitrogen and oxygen atoms in total.